The number of aryl methyl sites for hydroxylation is 2. The van der Waals surface area contributed by atoms with E-state index in [1.807, 2.05) is 0 Å². The van der Waals surface area contributed by atoms with Crippen LogP contribution in [0, 0.1) is 6.92 Å². The van der Waals surface area contributed by atoms with Crippen molar-refractivity contribution in [3.8, 4) is 0 Å². The average molecular weight is 177 g/mol. The molecule has 0 amide bonds. The Hall–Kier alpha value is -0.720. The number of hydrogen-bond acceptors (Lipinski definition) is 0. The summed E-state index contributed by atoms with van der Waals surface area (Å²) in [7, 11) is 0. The molecule has 0 radical (unpaired) electrons. The van der Waals surface area contributed by atoms with Gasteiger partial charge in [0.2, 0.25) is 0 Å². The first kappa shape index (κ1) is 8.86. The monoisotopic (exact) mass is 177 g/mol. The molecule has 0 unspecified atom stereocenters. The summed E-state index contributed by atoms with van der Waals surface area (Å²) >= 11 is 0. The van der Waals surface area contributed by atoms with Crippen molar-refractivity contribution in [1.82, 2.24) is 4.98 Å². The summed E-state index contributed by atoms with van der Waals surface area (Å²) in [6.45, 7) is 4.53. The lowest BCUT2D eigenvalue weighted by Crippen LogP contribution is -2.00. The van der Waals surface area contributed by atoms with Gasteiger partial charge in [-0.2, -0.15) is 0 Å². The van der Waals surface area contributed by atoms with E-state index in [9.17, 15) is 0 Å². The van der Waals surface area contributed by atoms with Crippen molar-refractivity contribution >= 4 is 0 Å². The van der Waals surface area contributed by atoms with E-state index in [1.165, 1.54) is 49.9 Å². The highest BCUT2D eigenvalue weighted by atomic mass is 14.7. The van der Waals surface area contributed by atoms with Crippen LogP contribution in [0.25, 0.3) is 0 Å². The molecule has 0 bridgehead atoms. The van der Waals surface area contributed by atoms with E-state index in [0.29, 0.717) is 0 Å². The van der Waals surface area contributed by atoms with Gasteiger partial charge in [-0.25, -0.2) is 0 Å². The van der Waals surface area contributed by atoms with Gasteiger partial charge in [-0.3, -0.25) is 0 Å². The molecule has 1 nitrogen and oxygen atoms in total. The highest BCUT2D eigenvalue weighted by molar-refractivity contribution is 5.37. The van der Waals surface area contributed by atoms with E-state index in [-0.39, 0.29) is 0 Å². The van der Waals surface area contributed by atoms with E-state index in [4.69, 9.17) is 0 Å². The van der Waals surface area contributed by atoms with Gasteiger partial charge < -0.3 is 4.98 Å². The minimum atomic E-state index is 1.22. The highest BCUT2D eigenvalue weighted by Gasteiger charge is 2.16. The Kier molecular flexibility index (Phi) is 2.43. The fraction of sp³-hybridized carbons (Fsp3) is 0.667. The number of aromatic amines is 1. The van der Waals surface area contributed by atoms with Crippen LogP contribution in [0.3, 0.4) is 0 Å². The fourth-order valence-corrected chi connectivity index (χ4v) is 2.42. The van der Waals surface area contributed by atoms with Crippen LogP contribution < -0.4 is 0 Å². The molecule has 1 aromatic rings. The Bertz CT molecular complexity index is 296. The number of aromatic nitrogens is 1. The van der Waals surface area contributed by atoms with Crippen molar-refractivity contribution in [3.63, 3.8) is 0 Å². The normalized spacial score (nSPS) is 15.8. The zero-order chi connectivity index (χ0) is 9.26. The Morgan fingerprint density at radius 2 is 2.00 bits per heavy atom. The molecule has 2 rings (SSSR count). The van der Waals surface area contributed by atoms with Crippen LogP contribution in [-0.2, 0) is 19.3 Å². The molecular formula is C12H19N. The van der Waals surface area contributed by atoms with Gasteiger partial charge in [-0.1, -0.05) is 13.3 Å². The molecule has 13 heavy (non-hydrogen) atoms. The zero-order valence-electron chi connectivity index (χ0n) is 8.74. The molecule has 1 N–H and O–H groups in total. The molecular weight excluding hydrogens is 158 g/mol. The third kappa shape index (κ3) is 1.52. The number of fused-ring (bicyclic) bond motifs is 1. The Morgan fingerprint density at radius 1 is 1.23 bits per heavy atom. The predicted molar refractivity (Wildman–Crippen MR) is 56.2 cm³/mol. The molecule has 0 saturated carbocycles. The van der Waals surface area contributed by atoms with Gasteiger partial charge in [-0.05, 0) is 50.2 Å². The second-order valence-electron chi connectivity index (χ2n) is 4.14. The molecule has 1 heterocycles. The summed E-state index contributed by atoms with van der Waals surface area (Å²) in [6, 6.07) is 0. The number of nitrogens with one attached hydrogen (secondary N) is 1. The maximum Gasteiger partial charge on any atom is 0.0184 e. The fourth-order valence-electron chi connectivity index (χ4n) is 2.42. The topological polar surface area (TPSA) is 15.8 Å². The van der Waals surface area contributed by atoms with Gasteiger partial charge in [0.25, 0.3) is 0 Å². The lowest BCUT2D eigenvalue weighted by molar-refractivity contribution is 0.674. The molecule has 0 atom stereocenters. The van der Waals surface area contributed by atoms with Crippen molar-refractivity contribution in [2.45, 2.75) is 52.4 Å². The van der Waals surface area contributed by atoms with Gasteiger partial charge >= 0.3 is 0 Å². The van der Waals surface area contributed by atoms with Crippen LogP contribution in [0.2, 0.25) is 0 Å². The molecule has 0 aromatic carbocycles. The van der Waals surface area contributed by atoms with Crippen molar-refractivity contribution in [2.24, 2.45) is 0 Å². The Morgan fingerprint density at radius 3 is 2.69 bits per heavy atom. The standard InChI is InChI=1S/C12H19N/c1-3-6-11-9(2)10-7-4-5-8-12(10)13-11/h13H,3-8H2,1-2H3. The average Bonchev–Trinajstić information content (AvgIpc) is 2.46. The number of H-pyrrole nitrogens is 1. The molecule has 1 aromatic heterocycles. The predicted octanol–water partition coefficient (Wildman–Crippen LogP) is 3.15. The van der Waals surface area contributed by atoms with Crippen LogP contribution in [0.4, 0.5) is 0 Å². The van der Waals surface area contributed by atoms with Crippen LogP contribution in [0.5, 0.6) is 0 Å². The van der Waals surface area contributed by atoms with Crippen molar-refractivity contribution < 1.29 is 0 Å². The molecule has 1 aliphatic carbocycles. The third-order valence-corrected chi connectivity index (χ3v) is 3.17. The summed E-state index contributed by atoms with van der Waals surface area (Å²) in [5.74, 6) is 0. The van der Waals surface area contributed by atoms with E-state index >= 15 is 0 Å². The molecule has 0 spiro atoms. The largest absolute Gasteiger partial charge is 0.362 e. The van der Waals surface area contributed by atoms with E-state index in [0.717, 1.165) is 0 Å². The first-order valence-electron chi connectivity index (χ1n) is 5.52. The SMILES string of the molecule is CCCc1[nH]c2c(c1C)CCCC2. The zero-order valence-corrected chi connectivity index (χ0v) is 8.74. The second-order valence-corrected chi connectivity index (χ2v) is 4.14. The van der Waals surface area contributed by atoms with E-state index < -0.39 is 0 Å². The summed E-state index contributed by atoms with van der Waals surface area (Å²) in [5.41, 5.74) is 6.22. The summed E-state index contributed by atoms with van der Waals surface area (Å²) in [5, 5.41) is 0. The summed E-state index contributed by atoms with van der Waals surface area (Å²) in [4.78, 5) is 3.60. The molecule has 1 heteroatoms. The van der Waals surface area contributed by atoms with Crippen molar-refractivity contribution in [3.05, 3.63) is 22.5 Å². The quantitative estimate of drug-likeness (QED) is 0.714. The highest BCUT2D eigenvalue weighted by Crippen LogP contribution is 2.26. The smallest absolute Gasteiger partial charge is 0.0184 e. The van der Waals surface area contributed by atoms with Gasteiger partial charge in [0.15, 0.2) is 0 Å². The molecule has 0 aliphatic heterocycles. The van der Waals surface area contributed by atoms with Gasteiger partial charge in [-0.15, -0.1) is 0 Å². The lowest BCUT2D eigenvalue weighted by Gasteiger charge is -2.10. The first-order chi connectivity index (χ1) is 6.33. The molecule has 0 fully saturated rings. The van der Waals surface area contributed by atoms with Gasteiger partial charge in [0, 0.05) is 11.4 Å². The summed E-state index contributed by atoms with van der Waals surface area (Å²) < 4.78 is 0. The van der Waals surface area contributed by atoms with Gasteiger partial charge in [0.05, 0.1) is 0 Å². The minimum Gasteiger partial charge on any atom is -0.362 e. The third-order valence-electron chi connectivity index (χ3n) is 3.17. The van der Waals surface area contributed by atoms with Gasteiger partial charge in [0.1, 0.15) is 0 Å². The molecule has 1 aliphatic rings. The minimum absolute atomic E-state index is 1.22. The van der Waals surface area contributed by atoms with Crippen molar-refractivity contribution in [1.29, 1.82) is 0 Å². The number of hydrogen-bond donors (Lipinski definition) is 1. The Balaban J connectivity index is 2.33. The lowest BCUT2D eigenvalue weighted by atomic mass is 9.95. The number of rotatable bonds is 2. The van der Waals surface area contributed by atoms with Crippen LogP contribution in [-0.4, -0.2) is 4.98 Å². The van der Waals surface area contributed by atoms with Crippen LogP contribution in [0.15, 0.2) is 0 Å². The van der Waals surface area contributed by atoms with Crippen LogP contribution >= 0.6 is 0 Å². The molecule has 72 valence electrons. The van der Waals surface area contributed by atoms with Crippen molar-refractivity contribution in [2.75, 3.05) is 0 Å². The van der Waals surface area contributed by atoms with E-state index in [1.54, 1.807) is 11.1 Å². The molecule has 0 saturated heterocycles. The van der Waals surface area contributed by atoms with Crippen LogP contribution in [0.1, 0.15) is 48.7 Å². The van der Waals surface area contributed by atoms with E-state index in [2.05, 4.69) is 18.8 Å². The maximum absolute atomic E-state index is 3.60. The summed E-state index contributed by atoms with van der Waals surface area (Å²) in [6.07, 6.45) is 7.82. The first-order valence-corrected chi connectivity index (χ1v) is 5.52. The Labute approximate surface area is 80.6 Å². The second kappa shape index (κ2) is 3.57. The maximum atomic E-state index is 3.60.